The minimum atomic E-state index is -0.279. The van der Waals surface area contributed by atoms with Crippen LogP contribution in [-0.2, 0) is 5.54 Å². The minimum absolute atomic E-state index is 0.279. The summed E-state index contributed by atoms with van der Waals surface area (Å²) in [6, 6.07) is 0.307. The summed E-state index contributed by atoms with van der Waals surface area (Å²) in [6.07, 6.45) is 11.9. The monoisotopic (exact) mass is 287 g/mol. The van der Waals surface area contributed by atoms with E-state index in [0.29, 0.717) is 11.5 Å². The van der Waals surface area contributed by atoms with Crippen LogP contribution in [0.4, 0.5) is 5.95 Å². The van der Waals surface area contributed by atoms with Crippen LogP contribution in [0.1, 0.15) is 50.5 Å². The average molecular weight is 287 g/mol. The van der Waals surface area contributed by atoms with E-state index < -0.39 is 0 Å². The largest absolute Gasteiger partial charge is 0.340 e. The summed E-state index contributed by atoms with van der Waals surface area (Å²) in [7, 11) is 0. The second kappa shape index (κ2) is 4.65. The van der Waals surface area contributed by atoms with Gasteiger partial charge in [0.15, 0.2) is 0 Å². The van der Waals surface area contributed by atoms with Crippen molar-refractivity contribution in [1.29, 1.82) is 0 Å². The number of anilines is 1. The topological polar surface area (TPSA) is 81.1 Å². The zero-order chi connectivity index (χ0) is 14.5. The molecule has 114 valence electrons. The first-order valence-electron chi connectivity index (χ1n) is 8.21. The summed E-state index contributed by atoms with van der Waals surface area (Å²) < 4.78 is 0. The zero-order valence-corrected chi connectivity index (χ0v) is 12.6. The lowest BCUT2D eigenvalue weighted by molar-refractivity contribution is 0.0888. The van der Waals surface area contributed by atoms with Crippen molar-refractivity contribution < 1.29 is 0 Å². The van der Waals surface area contributed by atoms with E-state index in [9.17, 15) is 0 Å². The van der Waals surface area contributed by atoms with Gasteiger partial charge in [0.1, 0.15) is 0 Å². The molecule has 2 heterocycles. The van der Waals surface area contributed by atoms with E-state index >= 15 is 0 Å². The molecule has 21 heavy (non-hydrogen) atoms. The van der Waals surface area contributed by atoms with Crippen LogP contribution in [0.15, 0.2) is 12.4 Å². The molecule has 0 atom stereocenters. The maximum atomic E-state index is 6.54. The third-order valence-electron chi connectivity index (χ3n) is 5.89. The molecule has 3 aliphatic rings. The molecule has 4 rings (SSSR count). The van der Waals surface area contributed by atoms with Crippen molar-refractivity contribution in [3.05, 3.63) is 18.0 Å². The van der Waals surface area contributed by atoms with Crippen LogP contribution in [0.2, 0.25) is 0 Å². The smallest absolute Gasteiger partial charge is 0.225 e. The highest BCUT2D eigenvalue weighted by atomic mass is 15.3. The molecule has 2 aliphatic carbocycles. The second-order valence-corrected chi connectivity index (χ2v) is 7.47. The lowest BCUT2D eigenvalue weighted by atomic mass is 9.64. The molecule has 1 spiro atoms. The highest BCUT2D eigenvalue weighted by molar-refractivity contribution is 5.38. The number of nitrogens with zero attached hydrogens (tertiary/aromatic N) is 3. The summed E-state index contributed by atoms with van der Waals surface area (Å²) in [6.45, 7) is 2.27. The normalized spacial score (nSPS) is 34.4. The van der Waals surface area contributed by atoms with E-state index in [2.05, 4.69) is 14.9 Å². The van der Waals surface area contributed by atoms with Gasteiger partial charge < -0.3 is 16.4 Å². The minimum Gasteiger partial charge on any atom is -0.340 e. The fourth-order valence-corrected chi connectivity index (χ4v) is 4.08. The molecule has 0 unspecified atom stereocenters. The van der Waals surface area contributed by atoms with E-state index in [-0.39, 0.29) is 5.54 Å². The molecule has 5 heteroatoms. The zero-order valence-electron chi connectivity index (χ0n) is 12.6. The Bertz CT molecular complexity index is 506. The van der Waals surface area contributed by atoms with E-state index in [4.69, 9.17) is 11.5 Å². The van der Waals surface area contributed by atoms with Gasteiger partial charge in [-0.25, -0.2) is 9.97 Å². The van der Waals surface area contributed by atoms with Crippen LogP contribution in [0, 0.1) is 5.41 Å². The van der Waals surface area contributed by atoms with Crippen molar-refractivity contribution in [2.75, 3.05) is 18.0 Å². The van der Waals surface area contributed by atoms with Crippen molar-refractivity contribution in [3.63, 3.8) is 0 Å². The summed E-state index contributed by atoms with van der Waals surface area (Å²) >= 11 is 0. The summed E-state index contributed by atoms with van der Waals surface area (Å²) in [5.41, 5.74) is 13.9. The molecular formula is C16H25N5. The fourth-order valence-electron chi connectivity index (χ4n) is 4.08. The van der Waals surface area contributed by atoms with Gasteiger partial charge in [0.2, 0.25) is 5.95 Å². The highest BCUT2D eigenvalue weighted by Crippen LogP contribution is 2.48. The number of nitrogens with two attached hydrogens (primary N) is 2. The Hall–Kier alpha value is -1.20. The van der Waals surface area contributed by atoms with Gasteiger partial charge in [-0.2, -0.15) is 0 Å². The SMILES string of the molecule is NC1CCC(N)(c2cnc(N3CC4(CCC4)C3)nc2)CC1. The Balaban J connectivity index is 1.44. The van der Waals surface area contributed by atoms with Gasteiger partial charge in [0.25, 0.3) is 0 Å². The molecule has 4 N–H and O–H groups in total. The van der Waals surface area contributed by atoms with Crippen molar-refractivity contribution >= 4 is 5.95 Å². The van der Waals surface area contributed by atoms with Gasteiger partial charge >= 0.3 is 0 Å². The lowest BCUT2D eigenvalue weighted by Crippen LogP contribution is -2.60. The van der Waals surface area contributed by atoms with E-state index in [1.807, 2.05) is 12.4 Å². The van der Waals surface area contributed by atoms with Crippen LogP contribution < -0.4 is 16.4 Å². The quantitative estimate of drug-likeness (QED) is 0.862. The Kier molecular flexibility index (Phi) is 2.98. The Morgan fingerprint density at radius 1 is 1.05 bits per heavy atom. The standard InChI is InChI=1S/C16H25N5/c17-13-2-6-16(18,7-3-13)12-8-19-14(20-9-12)21-10-15(11-21)4-1-5-15/h8-9,13H,1-7,10-11,17-18H2. The molecule has 1 aliphatic heterocycles. The summed E-state index contributed by atoms with van der Waals surface area (Å²) in [5.74, 6) is 0.868. The van der Waals surface area contributed by atoms with Crippen molar-refractivity contribution in [2.45, 2.75) is 56.5 Å². The van der Waals surface area contributed by atoms with Gasteiger partial charge in [-0.05, 0) is 38.5 Å². The van der Waals surface area contributed by atoms with Crippen molar-refractivity contribution in [2.24, 2.45) is 16.9 Å². The van der Waals surface area contributed by atoms with Crippen LogP contribution in [0.25, 0.3) is 0 Å². The van der Waals surface area contributed by atoms with Gasteiger partial charge in [-0.1, -0.05) is 6.42 Å². The third-order valence-corrected chi connectivity index (χ3v) is 5.89. The van der Waals surface area contributed by atoms with Gasteiger partial charge in [-0.15, -0.1) is 0 Å². The van der Waals surface area contributed by atoms with E-state index in [0.717, 1.165) is 50.3 Å². The molecule has 1 aromatic heterocycles. The number of aromatic nitrogens is 2. The van der Waals surface area contributed by atoms with E-state index in [1.165, 1.54) is 19.3 Å². The molecule has 1 aromatic rings. The van der Waals surface area contributed by atoms with Gasteiger partial charge in [-0.3, -0.25) is 0 Å². The molecule has 1 saturated heterocycles. The summed E-state index contributed by atoms with van der Waals surface area (Å²) in [5, 5.41) is 0. The molecule has 0 aromatic carbocycles. The maximum absolute atomic E-state index is 6.54. The second-order valence-electron chi connectivity index (χ2n) is 7.47. The highest BCUT2D eigenvalue weighted by Gasteiger charge is 2.48. The molecule has 5 nitrogen and oxygen atoms in total. The van der Waals surface area contributed by atoms with Crippen LogP contribution in [0.3, 0.4) is 0 Å². The van der Waals surface area contributed by atoms with Crippen molar-refractivity contribution in [1.82, 2.24) is 9.97 Å². The average Bonchev–Trinajstić information content (AvgIpc) is 2.40. The van der Waals surface area contributed by atoms with Crippen LogP contribution in [0.5, 0.6) is 0 Å². The molecule has 0 radical (unpaired) electrons. The van der Waals surface area contributed by atoms with Crippen molar-refractivity contribution in [3.8, 4) is 0 Å². The number of rotatable bonds is 2. The van der Waals surface area contributed by atoms with Crippen LogP contribution >= 0.6 is 0 Å². The van der Waals surface area contributed by atoms with Gasteiger partial charge in [0, 0.05) is 48.0 Å². The molecular weight excluding hydrogens is 262 g/mol. The summed E-state index contributed by atoms with van der Waals surface area (Å²) in [4.78, 5) is 11.4. The first kappa shape index (κ1) is 13.5. The Labute approximate surface area is 126 Å². The first-order chi connectivity index (χ1) is 10.1. The fraction of sp³-hybridized carbons (Fsp3) is 0.750. The maximum Gasteiger partial charge on any atom is 0.225 e. The van der Waals surface area contributed by atoms with Crippen LogP contribution in [-0.4, -0.2) is 29.1 Å². The lowest BCUT2D eigenvalue weighted by Gasteiger charge is -2.55. The van der Waals surface area contributed by atoms with Gasteiger partial charge in [0.05, 0.1) is 0 Å². The number of hydrogen-bond donors (Lipinski definition) is 2. The Morgan fingerprint density at radius 3 is 2.19 bits per heavy atom. The first-order valence-corrected chi connectivity index (χ1v) is 8.21. The molecule has 0 amide bonds. The number of hydrogen-bond acceptors (Lipinski definition) is 5. The predicted octanol–water partition coefficient (Wildman–Crippen LogP) is 1.52. The molecule has 0 bridgehead atoms. The molecule has 3 fully saturated rings. The third kappa shape index (κ3) is 2.23. The van der Waals surface area contributed by atoms with E-state index in [1.54, 1.807) is 0 Å². The predicted molar refractivity (Wildman–Crippen MR) is 82.8 cm³/mol. The Morgan fingerprint density at radius 2 is 1.67 bits per heavy atom. The molecule has 2 saturated carbocycles.